The first-order chi connectivity index (χ1) is 13.3. The van der Waals surface area contributed by atoms with Gasteiger partial charge in [0.15, 0.2) is 0 Å². The molecule has 0 saturated carbocycles. The van der Waals surface area contributed by atoms with Gasteiger partial charge in [0.25, 0.3) is 0 Å². The second-order valence-electron chi connectivity index (χ2n) is 7.04. The van der Waals surface area contributed by atoms with Crippen molar-refractivity contribution in [2.75, 3.05) is 28.6 Å². The Kier molecular flexibility index (Phi) is 5.23. The van der Waals surface area contributed by atoms with Crippen LogP contribution in [0.1, 0.15) is 25.5 Å². The van der Waals surface area contributed by atoms with Crippen molar-refractivity contribution in [2.45, 2.75) is 26.3 Å². The molecule has 0 unspecified atom stereocenters. The molecule has 1 aromatic carbocycles. The van der Waals surface area contributed by atoms with E-state index >= 15 is 0 Å². The average Bonchev–Trinajstić information content (AvgIpc) is 3.22. The summed E-state index contributed by atoms with van der Waals surface area (Å²) in [6.45, 7) is 5.18. The molecule has 6 nitrogen and oxygen atoms in total. The maximum atomic E-state index is 5.31. The molecule has 1 saturated heterocycles. The summed E-state index contributed by atoms with van der Waals surface area (Å²) < 4.78 is 5.31. The van der Waals surface area contributed by atoms with Gasteiger partial charge < -0.3 is 20.0 Å². The van der Waals surface area contributed by atoms with Crippen molar-refractivity contribution in [1.29, 1.82) is 0 Å². The monoisotopic (exact) mass is 363 g/mol. The van der Waals surface area contributed by atoms with Gasteiger partial charge in [0.2, 0.25) is 5.95 Å². The molecule has 0 spiro atoms. The summed E-state index contributed by atoms with van der Waals surface area (Å²) in [4.78, 5) is 11.2. The number of rotatable bonds is 6. The van der Waals surface area contributed by atoms with Crippen LogP contribution in [0.25, 0.3) is 0 Å². The summed E-state index contributed by atoms with van der Waals surface area (Å²) in [5.41, 5.74) is 2.30. The van der Waals surface area contributed by atoms with Crippen molar-refractivity contribution in [1.82, 2.24) is 9.97 Å². The van der Waals surface area contributed by atoms with Crippen molar-refractivity contribution in [3.05, 3.63) is 60.7 Å². The Bertz CT molecular complexity index is 839. The molecule has 6 heteroatoms. The van der Waals surface area contributed by atoms with E-state index in [4.69, 9.17) is 4.42 Å². The van der Waals surface area contributed by atoms with E-state index in [2.05, 4.69) is 56.7 Å². The first-order valence-corrected chi connectivity index (χ1v) is 9.47. The molecule has 3 aromatic rings. The highest BCUT2D eigenvalue weighted by atomic mass is 16.3. The number of nitrogens with zero attached hydrogens (tertiary/aromatic N) is 3. The van der Waals surface area contributed by atoms with Crippen LogP contribution in [0, 0.1) is 5.92 Å². The number of furan rings is 1. The Hall–Kier alpha value is -3.02. The number of aromatic nitrogens is 2. The lowest BCUT2D eigenvalue weighted by Gasteiger charge is -2.32. The zero-order valence-corrected chi connectivity index (χ0v) is 15.6. The van der Waals surface area contributed by atoms with Crippen molar-refractivity contribution < 1.29 is 4.42 Å². The normalized spacial score (nSPS) is 14.9. The molecule has 0 radical (unpaired) electrons. The van der Waals surface area contributed by atoms with Crippen molar-refractivity contribution in [3.8, 4) is 0 Å². The third-order valence-electron chi connectivity index (χ3n) is 4.94. The van der Waals surface area contributed by atoms with Crippen LogP contribution in [0.5, 0.6) is 0 Å². The smallest absolute Gasteiger partial charge is 0.224 e. The van der Waals surface area contributed by atoms with Crippen molar-refractivity contribution >= 4 is 23.1 Å². The topological polar surface area (TPSA) is 66.2 Å². The van der Waals surface area contributed by atoms with Crippen molar-refractivity contribution in [2.24, 2.45) is 5.92 Å². The summed E-state index contributed by atoms with van der Waals surface area (Å²) in [6.07, 6.45) is 5.94. The third-order valence-corrected chi connectivity index (χ3v) is 4.94. The van der Waals surface area contributed by atoms with E-state index in [1.165, 1.54) is 18.5 Å². The first kappa shape index (κ1) is 17.4. The van der Waals surface area contributed by atoms with Crippen LogP contribution in [0.15, 0.2) is 59.3 Å². The van der Waals surface area contributed by atoms with E-state index in [0.717, 1.165) is 36.3 Å². The summed E-state index contributed by atoms with van der Waals surface area (Å²) >= 11 is 0. The highest BCUT2D eigenvalue weighted by molar-refractivity contribution is 5.61. The predicted octanol–water partition coefficient (Wildman–Crippen LogP) is 4.66. The fourth-order valence-corrected chi connectivity index (χ4v) is 3.26. The number of benzene rings is 1. The maximum absolute atomic E-state index is 5.31. The van der Waals surface area contributed by atoms with Gasteiger partial charge in [-0.2, -0.15) is 4.98 Å². The van der Waals surface area contributed by atoms with E-state index in [0.29, 0.717) is 12.5 Å². The van der Waals surface area contributed by atoms with Gasteiger partial charge >= 0.3 is 0 Å². The van der Waals surface area contributed by atoms with Gasteiger partial charge in [-0.1, -0.05) is 6.92 Å². The standard InChI is InChI=1S/C21H25N5O/c1-16-9-12-26(13-10-16)18-6-4-17(5-7-18)24-20-8-11-22-21(25-20)23-15-19-3-2-14-27-19/h2-8,11,14,16H,9-10,12-13,15H2,1H3,(H2,22,23,24,25). The Balaban J connectivity index is 1.36. The number of piperidine rings is 1. The zero-order chi connectivity index (χ0) is 18.5. The molecule has 0 bridgehead atoms. The van der Waals surface area contributed by atoms with Crippen LogP contribution in [0.2, 0.25) is 0 Å². The molecule has 0 aliphatic carbocycles. The largest absolute Gasteiger partial charge is 0.467 e. The maximum Gasteiger partial charge on any atom is 0.224 e. The fourth-order valence-electron chi connectivity index (χ4n) is 3.26. The molecule has 0 atom stereocenters. The van der Waals surface area contributed by atoms with Gasteiger partial charge in [-0.15, -0.1) is 0 Å². The lowest BCUT2D eigenvalue weighted by Crippen LogP contribution is -2.32. The van der Waals surface area contributed by atoms with Gasteiger partial charge in [-0.3, -0.25) is 0 Å². The molecule has 0 amide bonds. The minimum atomic E-state index is 0.555. The highest BCUT2D eigenvalue weighted by Gasteiger charge is 2.15. The molecular formula is C21H25N5O. The molecule has 140 valence electrons. The van der Waals surface area contributed by atoms with Crippen LogP contribution >= 0.6 is 0 Å². The predicted molar refractivity (Wildman–Crippen MR) is 108 cm³/mol. The van der Waals surface area contributed by atoms with Crippen molar-refractivity contribution in [3.63, 3.8) is 0 Å². The molecule has 1 aliphatic rings. The molecule has 2 aromatic heterocycles. The quantitative estimate of drug-likeness (QED) is 0.664. The number of hydrogen-bond acceptors (Lipinski definition) is 6. The average molecular weight is 363 g/mol. The second kappa shape index (κ2) is 8.12. The van der Waals surface area contributed by atoms with Crippen LogP contribution in [0.4, 0.5) is 23.1 Å². The van der Waals surface area contributed by atoms with Crippen LogP contribution in [0.3, 0.4) is 0 Å². The summed E-state index contributed by atoms with van der Waals surface area (Å²) in [6, 6.07) is 14.2. The Morgan fingerprint density at radius 1 is 1.11 bits per heavy atom. The number of nitrogens with one attached hydrogen (secondary N) is 2. The van der Waals surface area contributed by atoms with Gasteiger partial charge in [0.1, 0.15) is 11.6 Å². The van der Waals surface area contributed by atoms with E-state index in [-0.39, 0.29) is 0 Å². The van der Waals surface area contributed by atoms with Crippen LogP contribution < -0.4 is 15.5 Å². The molecule has 1 fully saturated rings. The molecule has 3 heterocycles. The first-order valence-electron chi connectivity index (χ1n) is 9.47. The Morgan fingerprint density at radius 3 is 2.67 bits per heavy atom. The van der Waals surface area contributed by atoms with Gasteiger partial charge in [0, 0.05) is 30.7 Å². The van der Waals surface area contributed by atoms with E-state index < -0.39 is 0 Å². The Morgan fingerprint density at radius 2 is 1.93 bits per heavy atom. The lowest BCUT2D eigenvalue weighted by molar-refractivity contribution is 0.438. The lowest BCUT2D eigenvalue weighted by atomic mass is 9.99. The minimum Gasteiger partial charge on any atom is -0.467 e. The summed E-state index contributed by atoms with van der Waals surface area (Å²) in [5, 5.41) is 6.51. The van der Waals surface area contributed by atoms with Gasteiger partial charge in [-0.25, -0.2) is 4.98 Å². The van der Waals surface area contributed by atoms with E-state index in [1.807, 2.05) is 18.2 Å². The van der Waals surface area contributed by atoms with Gasteiger partial charge in [-0.05, 0) is 61.2 Å². The fraction of sp³-hybridized carbons (Fsp3) is 0.333. The van der Waals surface area contributed by atoms with Crippen LogP contribution in [-0.4, -0.2) is 23.1 Å². The second-order valence-corrected chi connectivity index (χ2v) is 7.04. The number of anilines is 4. The number of hydrogen-bond donors (Lipinski definition) is 2. The minimum absolute atomic E-state index is 0.555. The molecule has 4 rings (SSSR count). The summed E-state index contributed by atoms with van der Waals surface area (Å²) in [5.74, 6) is 3.01. The zero-order valence-electron chi connectivity index (χ0n) is 15.6. The molecule has 2 N–H and O–H groups in total. The highest BCUT2D eigenvalue weighted by Crippen LogP contribution is 2.25. The SMILES string of the molecule is CC1CCN(c2ccc(Nc3ccnc(NCc4ccco4)n3)cc2)CC1. The van der Waals surface area contributed by atoms with Crippen LogP contribution in [-0.2, 0) is 6.54 Å². The Labute approximate surface area is 159 Å². The van der Waals surface area contributed by atoms with E-state index in [1.54, 1.807) is 12.5 Å². The molecular weight excluding hydrogens is 338 g/mol. The van der Waals surface area contributed by atoms with Gasteiger partial charge in [0.05, 0.1) is 12.8 Å². The van der Waals surface area contributed by atoms with E-state index in [9.17, 15) is 0 Å². The molecule has 27 heavy (non-hydrogen) atoms. The summed E-state index contributed by atoms with van der Waals surface area (Å²) in [7, 11) is 0. The molecule has 1 aliphatic heterocycles. The third kappa shape index (κ3) is 4.58.